The first-order valence-electron chi connectivity index (χ1n) is 4.15. The van der Waals surface area contributed by atoms with E-state index in [9.17, 15) is 8.78 Å². The first kappa shape index (κ1) is 9.90. The van der Waals surface area contributed by atoms with Crippen molar-refractivity contribution < 1.29 is 8.78 Å². The minimum atomic E-state index is -0.495. The van der Waals surface area contributed by atoms with Gasteiger partial charge in [0, 0.05) is 11.1 Å². The fourth-order valence-electron chi connectivity index (χ4n) is 1.12. The van der Waals surface area contributed by atoms with Crippen LogP contribution in [0.5, 0.6) is 0 Å². The summed E-state index contributed by atoms with van der Waals surface area (Å²) in [5.41, 5.74) is 1.38. The Morgan fingerprint density at radius 1 is 1.31 bits per heavy atom. The lowest BCUT2D eigenvalue weighted by Crippen LogP contribution is -1.94. The molecule has 0 aliphatic carbocycles. The molecule has 0 aromatic heterocycles. The summed E-state index contributed by atoms with van der Waals surface area (Å²) < 4.78 is 26.3. The van der Waals surface area contributed by atoms with Crippen LogP contribution in [0.3, 0.4) is 0 Å². The van der Waals surface area contributed by atoms with Gasteiger partial charge in [0.25, 0.3) is 0 Å². The fraction of sp³-hybridized carbons (Fsp3) is 0.273. The molecule has 70 valence electrons. The third-order valence-electron chi connectivity index (χ3n) is 2.18. The zero-order chi connectivity index (χ0) is 10.0. The van der Waals surface area contributed by atoms with Crippen molar-refractivity contribution in [2.24, 2.45) is 0 Å². The molecule has 0 amide bonds. The van der Waals surface area contributed by atoms with Crippen molar-refractivity contribution in [1.29, 1.82) is 0 Å². The molecule has 0 saturated heterocycles. The summed E-state index contributed by atoms with van der Waals surface area (Å²) in [7, 11) is 0. The van der Waals surface area contributed by atoms with E-state index in [1.807, 2.05) is 6.92 Å². The van der Waals surface area contributed by atoms with Gasteiger partial charge in [0.15, 0.2) is 0 Å². The predicted molar refractivity (Wildman–Crippen MR) is 50.4 cm³/mol. The molecule has 0 bridgehead atoms. The second-order valence-electron chi connectivity index (χ2n) is 3.01. The minimum absolute atomic E-state index is 0.0821. The van der Waals surface area contributed by atoms with Crippen LogP contribution in [0.15, 0.2) is 18.2 Å². The molecule has 0 radical (unpaired) electrons. The Balaban J connectivity index is 3.34. The molecule has 2 heteroatoms. The summed E-state index contributed by atoms with van der Waals surface area (Å²) in [5.74, 6) is -0.958. The van der Waals surface area contributed by atoms with Crippen molar-refractivity contribution in [1.82, 2.24) is 0 Å². The molecule has 0 atom stereocenters. The normalized spacial score (nSPS) is 11.9. The lowest BCUT2D eigenvalue weighted by molar-refractivity contribution is 0.566. The highest BCUT2D eigenvalue weighted by molar-refractivity contribution is 5.64. The van der Waals surface area contributed by atoms with Gasteiger partial charge in [0.2, 0.25) is 0 Å². The van der Waals surface area contributed by atoms with Gasteiger partial charge in [-0.25, -0.2) is 8.78 Å². The second kappa shape index (κ2) is 3.69. The Morgan fingerprint density at radius 3 is 2.46 bits per heavy atom. The topological polar surface area (TPSA) is 0 Å². The molecule has 0 spiro atoms. The largest absolute Gasteiger partial charge is 0.207 e. The summed E-state index contributed by atoms with van der Waals surface area (Å²) in [6, 6.07) is 2.76. The van der Waals surface area contributed by atoms with Crippen molar-refractivity contribution in [3.05, 3.63) is 41.0 Å². The van der Waals surface area contributed by atoms with Gasteiger partial charge >= 0.3 is 0 Å². The smallest absolute Gasteiger partial charge is 0.136 e. The summed E-state index contributed by atoms with van der Waals surface area (Å²) in [4.78, 5) is 0. The average molecular weight is 182 g/mol. The SMILES string of the molecule is CC=C(C)c1ccc(F)c(C)c1F. The highest BCUT2D eigenvalue weighted by Gasteiger charge is 2.09. The summed E-state index contributed by atoms with van der Waals surface area (Å²) >= 11 is 0. The van der Waals surface area contributed by atoms with Gasteiger partial charge in [-0.2, -0.15) is 0 Å². The van der Waals surface area contributed by atoms with E-state index in [4.69, 9.17) is 0 Å². The van der Waals surface area contributed by atoms with Crippen LogP contribution < -0.4 is 0 Å². The van der Waals surface area contributed by atoms with Crippen molar-refractivity contribution >= 4 is 5.57 Å². The first-order chi connectivity index (χ1) is 6.07. The molecular formula is C11H12F2. The van der Waals surface area contributed by atoms with Crippen LogP contribution in [0, 0.1) is 18.6 Å². The molecule has 0 saturated carbocycles. The maximum absolute atomic E-state index is 13.4. The van der Waals surface area contributed by atoms with Crippen molar-refractivity contribution in [2.45, 2.75) is 20.8 Å². The van der Waals surface area contributed by atoms with Gasteiger partial charge in [-0.1, -0.05) is 6.08 Å². The molecule has 0 unspecified atom stereocenters. The lowest BCUT2D eigenvalue weighted by Gasteiger charge is -2.05. The molecule has 1 aromatic carbocycles. The third-order valence-corrected chi connectivity index (χ3v) is 2.18. The van der Waals surface area contributed by atoms with Crippen LogP contribution in [0.25, 0.3) is 5.57 Å². The molecule has 0 aliphatic rings. The van der Waals surface area contributed by atoms with E-state index in [1.165, 1.54) is 19.1 Å². The number of hydrogen-bond acceptors (Lipinski definition) is 0. The zero-order valence-corrected chi connectivity index (χ0v) is 7.99. The maximum Gasteiger partial charge on any atom is 0.136 e. The second-order valence-corrected chi connectivity index (χ2v) is 3.01. The zero-order valence-electron chi connectivity index (χ0n) is 7.99. The molecule has 0 nitrogen and oxygen atoms in total. The summed E-state index contributed by atoms with van der Waals surface area (Å²) in [5, 5.41) is 0. The Bertz CT molecular complexity index is 351. The van der Waals surface area contributed by atoms with Crippen LogP contribution in [0.4, 0.5) is 8.78 Å². The Morgan fingerprint density at radius 2 is 1.92 bits per heavy atom. The van der Waals surface area contributed by atoms with E-state index >= 15 is 0 Å². The monoisotopic (exact) mass is 182 g/mol. The highest BCUT2D eigenvalue weighted by Crippen LogP contribution is 2.21. The molecule has 0 heterocycles. The summed E-state index contributed by atoms with van der Waals surface area (Å²) in [6.07, 6.45) is 1.80. The average Bonchev–Trinajstić information content (AvgIpc) is 2.13. The fourth-order valence-corrected chi connectivity index (χ4v) is 1.12. The minimum Gasteiger partial charge on any atom is -0.207 e. The lowest BCUT2D eigenvalue weighted by atomic mass is 10.0. The van der Waals surface area contributed by atoms with E-state index in [-0.39, 0.29) is 5.56 Å². The van der Waals surface area contributed by atoms with Gasteiger partial charge in [0.1, 0.15) is 11.6 Å². The van der Waals surface area contributed by atoms with Crippen LogP contribution in [-0.2, 0) is 0 Å². The molecule has 1 aromatic rings. The van der Waals surface area contributed by atoms with Crippen molar-refractivity contribution in [2.75, 3.05) is 0 Å². The number of allylic oxidation sites excluding steroid dienone is 2. The number of rotatable bonds is 1. The number of hydrogen-bond donors (Lipinski definition) is 0. The van der Waals surface area contributed by atoms with Gasteiger partial charge < -0.3 is 0 Å². The van der Waals surface area contributed by atoms with Gasteiger partial charge in [0.05, 0.1) is 0 Å². The predicted octanol–water partition coefficient (Wildman–Crippen LogP) is 3.70. The molecule has 0 N–H and O–H groups in total. The Hall–Kier alpha value is -1.18. The molecule has 1 rings (SSSR count). The van der Waals surface area contributed by atoms with Crippen molar-refractivity contribution in [3.63, 3.8) is 0 Å². The van der Waals surface area contributed by atoms with Crippen LogP contribution in [0.1, 0.15) is 25.0 Å². The van der Waals surface area contributed by atoms with E-state index in [0.717, 1.165) is 5.57 Å². The van der Waals surface area contributed by atoms with Gasteiger partial charge in [-0.15, -0.1) is 0 Å². The first-order valence-corrected chi connectivity index (χ1v) is 4.15. The van der Waals surface area contributed by atoms with Crippen LogP contribution in [-0.4, -0.2) is 0 Å². The van der Waals surface area contributed by atoms with Crippen LogP contribution >= 0.6 is 0 Å². The van der Waals surface area contributed by atoms with Crippen LogP contribution in [0.2, 0.25) is 0 Å². The van der Waals surface area contributed by atoms with E-state index in [2.05, 4.69) is 0 Å². The molecular weight excluding hydrogens is 170 g/mol. The molecule has 0 aliphatic heterocycles. The Kier molecular flexibility index (Phi) is 2.81. The van der Waals surface area contributed by atoms with E-state index < -0.39 is 11.6 Å². The van der Waals surface area contributed by atoms with Crippen molar-refractivity contribution in [3.8, 4) is 0 Å². The highest BCUT2D eigenvalue weighted by atomic mass is 19.1. The standard InChI is InChI=1S/C11H12F2/c1-4-7(2)9-5-6-10(12)8(3)11(9)13/h4-6H,1-3H3. The quantitative estimate of drug-likeness (QED) is 0.621. The maximum atomic E-state index is 13.4. The number of benzene rings is 1. The third kappa shape index (κ3) is 1.77. The van der Waals surface area contributed by atoms with Gasteiger partial charge in [-0.3, -0.25) is 0 Å². The van der Waals surface area contributed by atoms with E-state index in [0.29, 0.717) is 5.56 Å². The molecule has 0 fully saturated rings. The Labute approximate surface area is 76.9 Å². The molecule has 13 heavy (non-hydrogen) atoms. The van der Waals surface area contributed by atoms with E-state index in [1.54, 1.807) is 13.0 Å². The summed E-state index contributed by atoms with van der Waals surface area (Å²) in [6.45, 7) is 5.07. The van der Waals surface area contributed by atoms with Gasteiger partial charge in [-0.05, 0) is 38.5 Å². The number of halogens is 2.